The van der Waals surface area contributed by atoms with E-state index in [1.165, 1.54) is 0 Å². The van der Waals surface area contributed by atoms with E-state index >= 15 is 0 Å². The third-order valence-electron chi connectivity index (χ3n) is 3.39. The van der Waals surface area contributed by atoms with Crippen molar-refractivity contribution in [3.63, 3.8) is 0 Å². The average molecular weight is 286 g/mol. The van der Waals surface area contributed by atoms with Crippen molar-refractivity contribution in [1.82, 2.24) is 10.6 Å². The SMILES string of the molecule is CCC(CC)(NC(=O)NC(C)(C)CC(C)(C)C)C(=O)O. The molecule has 0 saturated carbocycles. The van der Waals surface area contributed by atoms with Gasteiger partial charge in [-0.15, -0.1) is 0 Å². The van der Waals surface area contributed by atoms with Crippen LogP contribution in [0.2, 0.25) is 0 Å². The summed E-state index contributed by atoms with van der Waals surface area (Å²) in [5.41, 5.74) is -1.51. The highest BCUT2D eigenvalue weighted by molar-refractivity contribution is 5.86. The molecule has 0 radical (unpaired) electrons. The van der Waals surface area contributed by atoms with E-state index < -0.39 is 23.1 Å². The van der Waals surface area contributed by atoms with E-state index in [2.05, 4.69) is 31.4 Å². The lowest BCUT2D eigenvalue weighted by molar-refractivity contribution is -0.144. The van der Waals surface area contributed by atoms with Crippen molar-refractivity contribution in [2.75, 3.05) is 0 Å². The number of hydrogen-bond acceptors (Lipinski definition) is 2. The Bertz CT molecular complexity index is 353. The molecule has 20 heavy (non-hydrogen) atoms. The Labute approximate surface area is 122 Å². The van der Waals surface area contributed by atoms with Crippen molar-refractivity contribution >= 4 is 12.0 Å². The Kier molecular flexibility index (Phi) is 6.05. The molecule has 5 nitrogen and oxygen atoms in total. The zero-order valence-electron chi connectivity index (χ0n) is 13.9. The van der Waals surface area contributed by atoms with Crippen molar-refractivity contribution in [3.8, 4) is 0 Å². The van der Waals surface area contributed by atoms with Gasteiger partial charge >= 0.3 is 12.0 Å². The largest absolute Gasteiger partial charge is 0.480 e. The van der Waals surface area contributed by atoms with Crippen LogP contribution in [0, 0.1) is 5.41 Å². The fourth-order valence-corrected chi connectivity index (χ4v) is 2.71. The summed E-state index contributed by atoms with van der Waals surface area (Å²) >= 11 is 0. The number of carboxylic acid groups (broad SMARTS) is 1. The quantitative estimate of drug-likeness (QED) is 0.702. The summed E-state index contributed by atoms with van der Waals surface area (Å²) in [5.74, 6) is -0.994. The van der Waals surface area contributed by atoms with Gasteiger partial charge in [0.25, 0.3) is 0 Å². The molecule has 0 aromatic carbocycles. The molecule has 0 bridgehead atoms. The molecule has 0 aliphatic rings. The molecule has 118 valence electrons. The predicted molar refractivity (Wildman–Crippen MR) is 80.8 cm³/mol. The molecule has 0 fully saturated rings. The number of carbonyl (C=O) groups excluding carboxylic acids is 1. The second kappa shape index (κ2) is 6.46. The third kappa shape index (κ3) is 5.80. The molecular weight excluding hydrogens is 256 g/mol. The summed E-state index contributed by atoms with van der Waals surface area (Å²) in [5, 5.41) is 14.8. The van der Waals surface area contributed by atoms with E-state index in [1.54, 1.807) is 13.8 Å². The monoisotopic (exact) mass is 286 g/mol. The highest BCUT2D eigenvalue weighted by atomic mass is 16.4. The van der Waals surface area contributed by atoms with Gasteiger partial charge in [0.15, 0.2) is 0 Å². The first-order chi connectivity index (χ1) is 8.87. The first kappa shape index (κ1) is 18.7. The summed E-state index contributed by atoms with van der Waals surface area (Å²) in [4.78, 5) is 23.5. The van der Waals surface area contributed by atoms with Crippen molar-refractivity contribution in [3.05, 3.63) is 0 Å². The maximum absolute atomic E-state index is 12.1. The number of nitrogens with one attached hydrogen (secondary N) is 2. The summed E-state index contributed by atoms with van der Waals surface area (Å²) in [7, 11) is 0. The van der Waals surface area contributed by atoms with Gasteiger partial charge in [-0.3, -0.25) is 0 Å². The van der Waals surface area contributed by atoms with Gasteiger partial charge in [0, 0.05) is 5.54 Å². The Morgan fingerprint density at radius 2 is 1.40 bits per heavy atom. The molecule has 0 aliphatic heterocycles. The van der Waals surface area contributed by atoms with E-state index in [0.717, 1.165) is 6.42 Å². The van der Waals surface area contributed by atoms with E-state index in [0.29, 0.717) is 12.8 Å². The topological polar surface area (TPSA) is 78.4 Å². The Balaban J connectivity index is 4.82. The first-order valence-electron chi connectivity index (χ1n) is 7.21. The van der Waals surface area contributed by atoms with Crippen molar-refractivity contribution in [1.29, 1.82) is 0 Å². The van der Waals surface area contributed by atoms with Crippen LogP contribution in [0.5, 0.6) is 0 Å². The molecule has 0 heterocycles. The van der Waals surface area contributed by atoms with Crippen molar-refractivity contribution in [2.24, 2.45) is 5.41 Å². The maximum atomic E-state index is 12.1. The molecule has 0 aromatic rings. The van der Waals surface area contributed by atoms with Crippen LogP contribution in [0.4, 0.5) is 4.79 Å². The van der Waals surface area contributed by atoms with Gasteiger partial charge < -0.3 is 15.7 Å². The van der Waals surface area contributed by atoms with Crippen LogP contribution < -0.4 is 10.6 Å². The van der Waals surface area contributed by atoms with Gasteiger partial charge in [0.05, 0.1) is 0 Å². The van der Waals surface area contributed by atoms with Crippen LogP contribution in [-0.2, 0) is 4.79 Å². The third-order valence-corrected chi connectivity index (χ3v) is 3.39. The lowest BCUT2D eigenvalue weighted by Gasteiger charge is -2.35. The molecule has 3 N–H and O–H groups in total. The fourth-order valence-electron chi connectivity index (χ4n) is 2.71. The van der Waals surface area contributed by atoms with E-state index in [9.17, 15) is 14.7 Å². The number of carboxylic acids is 1. The van der Waals surface area contributed by atoms with Gasteiger partial charge in [-0.2, -0.15) is 0 Å². The van der Waals surface area contributed by atoms with Gasteiger partial charge in [0.1, 0.15) is 5.54 Å². The lowest BCUT2D eigenvalue weighted by Crippen LogP contribution is -2.59. The zero-order chi connectivity index (χ0) is 16.2. The second-order valence-corrected chi connectivity index (χ2v) is 7.29. The standard InChI is InChI=1S/C15H30N2O3/c1-8-15(9-2,11(18)19)17-12(20)16-14(6,7)10-13(3,4)5/h8-10H2,1-7H3,(H,18,19)(H2,16,17,20). The van der Waals surface area contributed by atoms with Crippen LogP contribution in [0.15, 0.2) is 0 Å². The summed E-state index contributed by atoms with van der Waals surface area (Å²) in [6.07, 6.45) is 1.50. The molecule has 0 atom stereocenters. The van der Waals surface area contributed by atoms with E-state index in [-0.39, 0.29) is 5.41 Å². The van der Waals surface area contributed by atoms with Crippen LogP contribution in [0.3, 0.4) is 0 Å². The number of carbonyl (C=O) groups is 2. The maximum Gasteiger partial charge on any atom is 0.329 e. The Morgan fingerprint density at radius 1 is 0.950 bits per heavy atom. The minimum atomic E-state index is -1.19. The van der Waals surface area contributed by atoms with Crippen LogP contribution in [0.1, 0.15) is 67.7 Å². The lowest BCUT2D eigenvalue weighted by atomic mass is 9.82. The zero-order valence-corrected chi connectivity index (χ0v) is 13.9. The fraction of sp³-hybridized carbons (Fsp3) is 0.867. The molecular formula is C15H30N2O3. The highest BCUT2D eigenvalue weighted by Gasteiger charge is 2.37. The minimum Gasteiger partial charge on any atom is -0.480 e. The van der Waals surface area contributed by atoms with Crippen molar-refractivity contribution < 1.29 is 14.7 Å². The number of amides is 2. The second-order valence-electron chi connectivity index (χ2n) is 7.29. The molecule has 0 saturated heterocycles. The van der Waals surface area contributed by atoms with Gasteiger partial charge in [-0.25, -0.2) is 9.59 Å². The van der Waals surface area contributed by atoms with Gasteiger partial charge in [0.2, 0.25) is 0 Å². The number of hydrogen-bond donors (Lipinski definition) is 3. The number of urea groups is 1. The predicted octanol–water partition coefficient (Wildman–Crippen LogP) is 3.14. The molecule has 0 rings (SSSR count). The average Bonchev–Trinajstić information content (AvgIpc) is 2.21. The molecule has 5 heteroatoms. The van der Waals surface area contributed by atoms with Gasteiger partial charge in [-0.1, -0.05) is 34.6 Å². The van der Waals surface area contributed by atoms with Crippen LogP contribution >= 0.6 is 0 Å². The number of aliphatic carboxylic acids is 1. The Hall–Kier alpha value is -1.26. The first-order valence-corrected chi connectivity index (χ1v) is 7.21. The molecule has 2 amide bonds. The van der Waals surface area contributed by atoms with E-state index in [1.807, 2.05) is 13.8 Å². The molecule has 0 aromatic heterocycles. The number of rotatable bonds is 6. The van der Waals surface area contributed by atoms with Crippen LogP contribution in [-0.4, -0.2) is 28.2 Å². The van der Waals surface area contributed by atoms with E-state index in [4.69, 9.17) is 0 Å². The summed E-state index contributed by atoms with van der Waals surface area (Å²) in [6, 6.07) is -0.426. The minimum absolute atomic E-state index is 0.0795. The summed E-state index contributed by atoms with van der Waals surface area (Å²) in [6.45, 7) is 13.7. The normalized spacial score (nSPS) is 12.9. The highest BCUT2D eigenvalue weighted by Crippen LogP contribution is 2.26. The summed E-state index contributed by atoms with van der Waals surface area (Å²) < 4.78 is 0. The van der Waals surface area contributed by atoms with Crippen LogP contribution in [0.25, 0.3) is 0 Å². The molecule has 0 unspecified atom stereocenters. The molecule has 0 spiro atoms. The van der Waals surface area contributed by atoms with Gasteiger partial charge in [-0.05, 0) is 38.5 Å². The van der Waals surface area contributed by atoms with Crippen molar-refractivity contribution in [2.45, 2.75) is 78.8 Å². The smallest absolute Gasteiger partial charge is 0.329 e. The molecule has 0 aliphatic carbocycles. The Morgan fingerprint density at radius 3 is 1.70 bits per heavy atom.